The van der Waals surface area contributed by atoms with Crippen LogP contribution in [0.4, 0.5) is 16.2 Å². The number of hydrogen-bond acceptors (Lipinski definition) is 4. The lowest BCUT2D eigenvalue weighted by atomic mass is 10.1. The lowest BCUT2D eigenvalue weighted by Gasteiger charge is -2.31. The van der Waals surface area contributed by atoms with E-state index in [9.17, 15) is 14.4 Å². The Labute approximate surface area is 163 Å². The maximum Gasteiger partial charge on any atom is 0.328 e. The van der Waals surface area contributed by atoms with Crippen molar-refractivity contribution in [3.05, 3.63) is 22.6 Å². The maximum atomic E-state index is 12.6. The quantitative estimate of drug-likeness (QED) is 0.812. The van der Waals surface area contributed by atoms with E-state index in [1.807, 2.05) is 12.1 Å². The molecule has 2 amide bonds. The highest BCUT2D eigenvalue weighted by Crippen LogP contribution is 2.33. The van der Waals surface area contributed by atoms with Crippen LogP contribution in [0.3, 0.4) is 0 Å². The third-order valence-electron chi connectivity index (χ3n) is 5.34. The van der Waals surface area contributed by atoms with Crippen LogP contribution in [0, 0.1) is 0 Å². The van der Waals surface area contributed by atoms with Crippen molar-refractivity contribution >= 4 is 34.4 Å². The van der Waals surface area contributed by atoms with Crippen molar-refractivity contribution in [2.24, 2.45) is 14.1 Å². The van der Waals surface area contributed by atoms with Gasteiger partial charge in [-0.1, -0.05) is 0 Å². The highest BCUT2D eigenvalue weighted by molar-refractivity contribution is 5.98. The maximum absolute atomic E-state index is 12.6. The summed E-state index contributed by atoms with van der Waals surface area (Å²) in [5, 5.41) is 11.7. The number of imidazole rings is 1. The molecular formula is C19H27N5O4. The molecule has 9 heteroatoms. The minimum atomic E-state index is -0.950. The summed E-state index contributed by atoms with van der Waals surface area (Å²) in [5.74, 6) is -0.950. The smallest absolute Gasteiger partial charge is 0.328 e. The molecule has 1 saturated heterocycles. The van der Waals surface area contributed by atoms with Gasteiger partial charge in [-0.2, -0.15) is 0 Å². The van der Waals surface area contributed by atoms with E-state index in [0.717, 1.165) is 42.7 Å². The van der Waals surface area contributed by atoms with Crippen molar-refractivity contribution in [3.8, 4) is 0 Å². The van der Waals surface area contributed by atoms with Crippen molar-refractivity contribution in [2.75, 3.05) is 36.9 Å². The van der Waals surface area contributed by atoms with Crippen LogP contribution in [0.2, 0.25) is 0 Å². The molecule has 0 radical (unpaired) electrons. The number of amides is 2. The van der Waals surface area contributed by atoms with Crippen molar-refractivity contribution in [1.29, 1.82) is 0 Å². The molecule has 1 aromatic heterocycles. The number of aromatic nitrogens is 2. The average Bonchev–Trinajstić information content (AvgIpc) is 2.90. The lowest BCUT2D eigenvalue weighted by molar-refractivity contribution is -0.137. The van der Waals surface area contributed by atoms with Gasteiger partial charge in [0.1, 0.15) is 0 Å². The molecule has 0 bridgehead atoms. The highest BCUT2D eigenvalue weighted by Gasteiger charge is 2.21. The molecule has 0 spiro atoms. The molecule has 3 rings (SSSR count). The second-order valence-electron chi connectivity index (χ2n) is 7.30. The van der Waals surface area contributed by atoms with Crippen LogP contribution in [0.15, 0.2) is 16.9 Å². The number of carboxylic acid groups (broad SMARTS) is 1. The van der Waals surface area contributed by atoms with Crippen LogP contribution >= 0.6 is 0 Å². The Bertz CT molecular complexity index is 955. The second-order valence-corrected chi connectivity index (χ2v) is 7.30. The van der Waals surface area contributed by atoms with Crippen LogP contribution in [0.1, 0.15) is 25.7 Å². The van der Waals surface area contributed by atoms with Gasteiger partial charge in [0, 0.05) is 40.8 Å². The summed E-state index contributed by atoms with van der Waals surface area (Å²) in [6, 6.07) is 3.40. The van der Waals surface area contributed by atoms with E-state index in [1.54, 1.807) is 30.3 Å². The van der Waals surface area contributed by atoms with Gasteiger partial charge in [-0.3, -0.25) is 13.9 Å². The molecule has 28 heavy (non-hydrogen) atoms. The zero-order chi connectivity index (χ0) is 20.4. The fourth-order valence-electron chi connectivity index (χ4n) is 3.61. The number of piperidine rings is 1. The van der Waals surface area contributed by atoms with E-state index < -0.39 is 5.97 Å². The fraction of sp³-hybridized carbons (Fsp3) is 0.526. The number of aliphatic carboxylic acids is 1. The molecule has 2 heterocycles. The summed E-state index contributed by atoms with van der Waals surface area (Å²) in [6.45, 7) is 1.90. The van der Waals surface area contributed by atoms with Gasteiger partial charge in [-0.25, -0.2) is 9.59 Å². The Morgan fingerprint density at radius 3 is 2.32 bits per heavy atom. The van der Waals surface area contributed by atoms with Gasteiger partial charge in [-0.05, 0) is 31.4 Å². The van der Waals surface area contributed by atoms with Gasteiger partial charge >= 0.3 is 17.7 Å². The number of rotatable bonds is 5. The van der Waals surface area contributed by atoms with Gasteiger partial charge in [0.15, 0.2) is 0 Å². The average molecular weight is 389 g/mol. The standard InChI is InChI=1S/C19H27N5O4/c1-21(10-7-17(25)26)18(27)20-13-11-15-16(23(3)19(28)22(15)2)12-14(13)24-8-5-4-6-9-24/h11-12H,4-10H2,1-3H3,(H,20,27)(H,25,26). The fourth-order valence-corrected chi connectivity index (χ4v) is 3.61. The number of benzene rings is 1. The third-order valence-corrected chi connectivity index (χ3v) is 5.34. The first kappa shape index (κ1) is 19.8. The van der Waals surface area contributed by atoms with Crippen molar-refractivity contribution < 1.29 is 14.7 Å². The first-order valence-electron chi connectivity index (χ1n) is 9.48. The summed E-state index contributed by atoms with van der Waals surface area (Å²) in [7, 11) is 5.01. The van der Waals surface area contributed by atoms with Gasteiger partial charge in [0.05, 0.1) is 28.8 Å². The molecule has 1 fully saturated rings. The molecule has 0 unspecified atom stereocenters. The Balaban J connectivity index is 1.98. The highest BCUT2D eigenvalue weighted by atomic mass is 16.4. The number of nitrogens with one attached hydrogen (secondary N) is 1. The summed E-state index contributed by atoms with van der Waals surface area (Å²) >= 11 is 0. The number of aryl methyl sites for hydroxylation is 2. The van der Waals surface area contributed by atoms with Gasteiger partial charge in [-0.15, -0.1) is 0 Å². The Kier molecular flexibility index (Phi) is 5.62. The number of nitrogens with zero attached hydrogens (tertiary/aromatic N) is 4. The number of carbonyl (C=O) groups excluding carboxylic acids is 1. The number of fused-ring (bicyclic) bond motifs is 1. The number of carbonyl (C=O) groups is 2. The molecule has 2 N–H and O–H groups in total. The Morgan fingerprint density at radius 1 is 1.11 bits per heavy atom. The minimum Gasteiger partial charge on any atom is -0.481 e. The van der Waals surface area contributed by atoms with Crippen LogP contribution in [0.25, 0.3) is 11.0 Å². The van der Waals surface area contributed by atoms with Crippen LogP contribution < -0.4 is 15.9 Å². The zero-order valence-electron chi connectivity index (χ0n) is 16.6. The first-order chi connectivity index (χ1) is 13.3. The normalized spacial score (nSPS) is 14.3. The minimum absolute atomic E-state index is 0.116. The number of carboxylic acids is 1. The van der Waals surface area contributed by atoms with E-state index in [2.05, 4.69) is 10.2 Å². The van der Waals surface area contributed by atoms with E-state index >= 15 is 0 Å². The third kappa shape index (κ3) is 3.83. The summed E-state index contributed by atoms with van der Waals surface area (Å²) < 4.78 is 3.16. The molecule has 0 atom stereocenters. The monoisotopic (exact) mass is 389 g/mol. The molecule has 0 saturated carbocycles. The van der Waals surface area contributed by atoms with Crippen molar-refractivity contribution in [3.63, 3.8) is 0 Å². The number of hydrogen-bond donors (Lipinski definition) is 2. The van der Waals surface area contributed by atoms with Gasteiger partial charge in [0.25, 0.3) is 0 Å². The van der Waals surface area contributed by atoms with Crippen molar-refractivity contribution in [1.82, 2.24) is 14.0 Å². The summed E-state index contributed by atoms with van der Waals surface area (Å²) in [4.78, 5) is 39.3. The molecule has 152 valence electrons. The van der Waals surface area contributed by atoms with E-state index in [1.165, 1.54) is 11.3 Å². The summed E-state index contributed by atoms with van der Waals surface area (Å²) in [5.41, 5.74) is 2.93. The van der Waals surface area contributed by atoms with Gasteiger partial charge < -0.3 is 20.2 Å². The zero-order valence-corrected chi connectivity index (χ0v) is 16.6. The molecule has 9 nitrogen and oxygen atoms in total. The van der Waals surface area contributed by atoms with Crippen LogP contribution in [-0.4, -0.2) is 57.8 Å². The van der Waals surface area contributed by atoms with E-state index in [-0.39, 0.29) is 24.7 Å². The van der Waals surface area contributed by atoms with Crippen LogP contribution in [0.5, 0.6) is 0 Å². The SMILES string of the molecule is CN(CCC(=O)O)C(=O)Nc1cc2c(cc1N1CCCCC1)n(C)c(=O)n2C. The second kappa shape index (κ2) is 7.95. The molecular weight excluding hydrogens is 362 g/mol. The Morgan fingerprint density at radius 2 is 1.71 bits per heavy atom. The Hall–Kier alpha value is -2.97. The van der Waals surface area contributed by atoms with Crippen LogP contribution in [-0.2, 0) is 18.9 Å². The first-order valence-corrected chi connectivity index (χ1v) is 9.48. The van der Waals surface area contributed by atoms with Gasteiger partial charge in [0.2, 0.25) is 0 Å². The largest absolute Gasteiger partial charge is 0.481 e. The molecule has 2 aromatic rings. The predicted molar refractivity (Wildman–Crippen MR) is 108 cm³/mol. The van der Waals surface area contributed by atoms with Crippen molar-refractivity contribution in [2.45, 2.75) is 25.7 Å². The molecule has 0 aliphatic carbocycles. The molecule has 1 aliphatic heterocycles. The lowest BCUT2D eigenvalue weighted by Crippen LogP contribution is -2.35. The molecule has 1 aliphatic rings. The topological polar surface area (TPSA) is 99.8 Å². The number of urea groups is 1. The number of anilines is 2. The van der Waals surface area contributed by atoms with E-state index in [4.69, 9.17) is 5.11 Å². The van der Waals surface area contributed by atoms with E-state index in [0.29, 0.717) is 5.69 Å². The molecule has 1 aromatic carbocycles. The predicted octanol–water partition coefficient (Wildman–Crippen LogP) is 1.81. The summed E-state index contributed by atoms with van der Waals surface area (Å²) in [6.07, 6.45) is 3.23.